The van der Waals surface area contributed by atoms with Crippen molar-refractivity contribution in [2.75, 3.05) is 10.6 Å². The molecule has 2 N–H and O–H groups in total. The topological polar surface area (TPSA) is 79.8 Å². The number of nitrogens with one attached hydrogen (secondary N) is 2. The highest BCUT2D eigenvalue weighted by molar-refractivity contribution is 7.18. The van der Waals surface area contributed by atoms with Crippen LogP contribution >= 0.6 is 34.5 Å². The Balaban J connectivity index is 1.64. The summed E-state index contributed by atoms with van der Waals surface area (Å²) in [6, 6.07) is 8.43. The fourth-order valence-electron chi connectivity index (χ4n) is 2.24. The fourth-order valence-corrected chi connectivity index (χ4v) is 3.44. The van der Waals surface area contributed by atoms with Crippen LogP contribution in [-0.4, -0.2) is 23.6 Å². The van der Waals surface area contributed by atoms with Gasteiger partial charge in [0.2, 0.25) is 12.0 Å². The number of nitrogens with zero attached hydrogens (tertiary/aromatic N) is 1. The number of halogens is 2. The van der Waals surface area contributed by atoms with Crippen LogP contribution < -0.4 is 10.6 Å². The van der Waals surface area contributed by atoms with Crippen LogP contribution in [0.3, 0.4) is 0 Å². The van der Waals surface area contributed by atoms with Crippen molar-refractivity contribution in [2.24, 2.45) is 5.16 Å². The standard InChI is InChI=1S/C16H13Cl2N3O3S/c1-8(22)19-11-6-9(2-3-10(11)17)20-16(23)13-7-12(21-24-13)14-4-5-15(18)25-14/h2-6,13H,7H2,1H3,(H,19,22)(H,20,23). The lowest BCUT2D eigenvalue weighted by molar-refractivity contribution is -0.125. The van der Waals surface area contributed by atoms with E-state index in [-0.39, 0.29) is 11.8 Å². The number of amides is 2. The molecule has 130 valence electrons. The van der Waals surface area contributed by atoms with E-state index in [0.717, 1.165) is 4.88 Å². The van der Waals surface area contributed by atoms with Gasteiger partial charge in [-0.25, -0.2) is 0 Å². The molecular weight excluding hydrogens is 385 g/mol. The van der Waals surface area contributed by atoms with Gasteiger partial charge >= 0.3 is 0 Å². The summed E-state index contributed by atoms with van der Waals surface area (Å²) in [7, 11) is 0. The summed E-state index contributed by atoms with van der Waals surface area (Å²) in [6.07, 6.45) is -0.370. The number of carbonyl (C=O) groups is 2. The molecule has 1 aliphatic rings. The lowest BCUT2D eigenvalue weighted by atomic mass is 10.1. The maximum Gasteiger partial charge on any atom is 0.268 e. The van der Waals surface area contributed by atoms with Crippen LogP contribution in [0.4, 0.5) is 11.4 Å². The number of carbonyl (C=O) groups excluding carboxylic acids is 2. The van der Waals surface area contributed by atoms with E-state index < -0.39 is 6.10 Å². The molecule has 2 heterocycles. The molecule has 9 heteroatoms. The molecule has 0 radical (unpaired) electrons. The minimum Gasteiger partial charge on any atom is -0.382 e. The highest BCUT2D eigenvalue weighted by Crippen LogP contribution is 2.28. The highest BCUT2D eigenvalue weighted by atomic mass is 35.5. The van der Waals surface area contributed by atoms with Gasteiger partial charge in [0, 0.05) is 19.0 Å². The molecular formula is C16H13Cl2N3O3S. The molecule has 25 heavy (non-hydrogen) atoms. The van der Waals surface area contributed by atoms with Crippen molar-refractivity contribution in [3.05, 3.63) is 44.6 Å². The Morgan fingerprint density at radius 2 is 2.04 bits per heavy atom. The van der Waals surface area contributed by atoms with Gasteiger partial charge in [0.05, 0.1) is 19.9 Å². The number of rotatable bonds is 4. The molecule has 0 aliphatic carbocycles. The number of oxime groups is 1. The number of hydrogen-bond acceptors (Lipinski definition) is 5. The summed E-state index contributed by atoms with van der Waals surface area (Å²) in [5, 5.41) is 9.68. The van der Waals surface area contributed by atoms with Crippen molar-refractivity contribution in [3.63, 3.8) is 0 Å². The lowest BCUT2D eigenvalue weighted by Gasteiger charge is -2.11. The Kier molecular flexibility index (Phi) is 5.27. The van der Waals surface area contributed by atoms with Gasteiger partial charge in [0.15, 0.2) is 0 Å². The molecule has 1 aromatic heterocycles. The first kappa shape index (κ1) is 17.7. The third-order valence-corrected chi connectivity index (χ3v) is 4.97. The predicted molar refractivity (Wildman–Crippen MR) is 99.7 cm³/mol. The van der Waals surface area contributed by atoms with E-state index in [4.69, 9.17) is 28.0 Å². The molecule has 0 bridgehead atoms. The first-order valence-corrected chi connectivity index (χ1v) is 8.86. The van der Waals surface area contributed by atoms with E-state index in [9.17, 15) is 9.59 Å². The van der Waals surface area contributed by atoms with Crippen molar-refractivity contribution < 1.29 is 14.4 Å². The zero-order valence-electron chi connectivity index (χ0n) is 13.0. The molecule has 1 aliphatic heterocycles. The third kappa shape index (κ3) is 4.31. The zero-order chi connectivity index (χ0) is 18.0. The van der Waals surface area contributed by atoms with Crippen LogP contribution in [-0.2, 0) is 14.4 Å². The Morgan fingerprint density at radius 1 is 1.24 bits per heavy atom. The van der Waals surface area contributed by atoms with Crippen LogP contribution in [0.15, 0.2) is 35.5 Å². The second-order valence-corrected chi connectivity index (χ2v) is 7.43. The van der Waals surface area contributed by atoms with E-state index in [0.29, 0.717) is 32.9 Å². The molecule has 3 rings (SSSR count). The summed E-state index contributed by atoms with van der Waals surface area (Å²) in [4.78, 5) is 29.6. The Hall–Kier alpha value is -2.09. The minimum absolute atomic E-state index is 0.253. The molecule has 0 saturated carbocycles. The van der Waals surface area contributed by atoms with Crippen LogP contribution in [0.5, 0.6) is 0 Å². The smallest absolute Gasteiger partial charge is 0.268 e. The summed E-state index contributed by atoms with van der Waals surface area (Å²) in [5.74, 6) is -0.588. The number of benzene rings is 1. The normalized spacial score (nSPS) is 16.1. The van der Waals surface area contributed by atoms with E-state index in [1.807, 2.05) is 6.07 Å². The Labute approximate surface area is 157 Å². The van der Waals surface area contributed by atoms with Gasteiger partial charge in [-0.2, -0.15) is 0 Å². The van der Waals surface area contributed by atoms with Crippen LogP contribution in [0.2, 0.25) is 9.36 Å². The quantitative estimate of drug-likeness (QED) is 0.812. The fraction of sp³-hybridized carbons (Fsp3) is 0.188. The van der Waals surface area contributed by atoms with Crippen molar-refractivity contribution in [3.8, 4) is 0 Å². The first-order chi connectivity index (χ1) is 11.9. The maximum atomic E-state index is 12.4. The molecule has 1 atom stereocenters. The molecule has 0 spiro atoms. The number of thiophene rings is 1. The number of anilines is 2. The van der Waals surface area contributed by atoms with Crippen LogP contribution in [0.25, 0.3) is 0 Å². The van der Waals surface area contributed by atoms with E-state index in [1.54, 1.807) is 24.3 Å². The van der Waals surface area contributed by atoms with Gasteiger partial charge in [-0.15, -0.1) is 11.3 Å². The van der Waals surface area contributed by atoms with E-state index in [1.165, 1.54) is 18.3 Å². The van der Waals surface area contributed by atoms with Gasteiger partial charge in [-0.1, -0.05) is 28.4 Å². The summed E-state index contributed by atoms with van der Waals surface area (Å²) >= 11 is 13.3. The predicted octanol–water partition coefficient (Wildman–Crippen LogP) is 4.15. The molecule has 1 unspecified atom stereocenters. The van der Waals surface area contributed by atoms with Crippen LogP contribution in [0.1, 0.15) is 18.2 Å². The van der Waals surface area contributed by atoms with Gasteiger partial charge in [-0.3, -0.25) is 9.59 Å². The van der Waals surface area contributed by atoms with Gasteiger partial charge < -0.3 is 15.5 Å². The summed E-state index contributed by atoms with van der Waals surface area (Å²) in [5.41, 5.74) is 1.60. The molecule has 0 saturated heterocycles. The highest BCUT2D eigenvalue weighted by Gasteiger charge is 2.29. The van der Waals surface area contributed by atoms with E-state index in [2.05, 4.69) is 15.8 Å². The van der Waals surface area contributed by atoms with Gasteiger partial charge in [-0.05, 0) is 30.3 Å². The SMILES string of the molecule is CC(=O)Nc1cc(NC(=O)C2CC(c3ccc(Cl)s3)=NO2)ccc1Cl. The second-order valence-electron chi connectivity index (χ2n) is 5.30. The minimum atomic E-state index is -0.726. The van der Waals surface area contributed by atoms with Crippen molar-refractivity contribution >= 4 is 63.4 Å². The largest absolute Gasteiger partial charge is 0.382 e. The monoisotopic (exact) mass is 397 g/mol. The van der Waals surface area contributed by atoms with E-state index >= 15 is 0 Å². The summed E-state index contributed by atoms with van der Waals surface area (Å²) < 4.78 is 0.650. The van der Waals surface area contributed by atoms with Crippen LogP contribution in [0, 0.1) is 0 Å². The molecule has 6 nitrogen and oxygen atoms in total. The maximum absolute atomic E-state index is 12.4. The zero-order valence-corrected chi connectivity index (χ0v) is 15.3. The average Bonchev–Trinajstić information content (AvgIpc) is 3.19. The second kappa shape index (κ2) is 7.43. The van der Waals surface area contributed by atoms with Crippen molar-refractivity contribution in [1.82, 2.24) is 0 Å². The van der Waals surface area contributed by atoms with Crippen molar-refractivity contribution in [1.29, 1.82) is 0 Å². The third-order valence-electron chi connectivity index (χ3n) is 3.36. The van der Waals surface area contributed by atoms with Gasteiger partial charge in [0.1, 0.15) is 5.71 Å². The lowest BCUT2D eigenvalue weighted by Crippen LogP contribution is -2.28. The first-order valence-electron chi connectivity index (χ1n) is 7.29. The van der Waals surface area contributed by atoms with Gasteiger partial charge in [0.25, 0.3) is 5.91 Å². The average molecular weight is 398 g/mol. The Bertz CT molecular complexity index is 866. The summed E-state index contributed by atoms with van der Waals surface area (Å²) in [6.45, 7) is 1.38. The molecule has 1 aromatic carbocycles. The molecule has 2 aromatic rings. The molecule has 0 fully saturated rings. The molecule has 2 amide bonds. The number of hydrogen-bond donors (Lipinski definition) is 2. The Morgan fingerprint density at radius 3 is 2.72 bits per heavy atom. The van der Waals surface area contributed by atoms with Crippen molar-refractivity contribution in [2.45, 2.75) is 19.4 Å².